The monoisotopic (exact) mass is 352 g/mol. The van der Waals surface area contributed by atoms with Gasteiger partial charge in [-0.2, -0.15) is 13.2 Å². The molecule has 1 aromatic rings. The van der Waals surface area contributed by atoms with Gasteiger partial charge in [0, 0.05) is 12.5 Å². The molecule has 132 valence electrons. The van der Waals surface area contributed by atoms with Crippen molar-refractivity contribution < 1.29 is 41.0 Å². The van der Waals surface area contributed by atoms with Crippen LogP contribution in [-0.4, -0.2) is 30.1 Å². The van der Waals surface area contributed by atoms with Gasteiger partial charge in [0.1, 0.15) is 5.75 Å². The maximum atomic E-state index is 13.0. The molecule has 0 saturated heterocycles. The highest BCUT2D eigenvalue weighted by molar-refractivity contribution is 5.90. The van der Waals surface area contributed by atoms with Crippen molar-refractivity contribution in [1.82, 2.24) is 0 Å². The second-order valence-corrected chi connectivity index (χ2v) is 4.98. The highest BCUT2D eigenvalue weighted by Crippen LogP contribution is 2.35. The largest absolute Gasteiger partial charge is 0.443 e. The van der Waals surface area contributed by atoms with E-state index in [1.807, 2.05) is 0 Å². The van der Waals surface area contributed by atoms with Gasteiger partial charge < -0.3 is 9.47 Å². The average molecular weight is 352 g/mol. The molecule has 1 aromatic carbocycles. The summed E-state index contributed by atoms with van der Waals surface area (Å²) in [6.45, 7) is 4.75. The van der Waals surface area contributed by atoms with Crippen LogP contribution >= 0.6 is 0 Å². The lowest BCUT2D eigenvalue weighted by molar-refractivity contribution is -0.263. The summed E-state index contributed by atoms with van der Waals surface area (Å²) < 4.78 is 72.3. The van der Waals surface area contributed by atoms with Crippen molar-refractivity contribution in [2.24, 2.45) is 0 Å². The summed E-state index contributed by atoms with van der Waals surface area (Å²) in [5.74, 6) is -6.64. The van der Waals surface area contributed by atoms with E-state index in [1.54, 1.807) is 0 Å². The van der Waals surface area contributed by atoms with Crippen LogP contribution in [0.2, 0.25) is 0 Å². The third-order valence-corrected chi connectivity index (χ3v) is 2.63. The summed E-state index contributed by atoms with van der Waals surface area (Å²) in [7, 11) is 0. The maximum Gasteiger partial charge on any atom is 0.431 e. The van der Waals surface area contributed by atoms with Gasteiger partial charge in [0.2, 0.25) is 0 Å². The molecule has 1 rings (SSSR count). The Bertz CT molecular complexity index is 615. The van der Waals surface area contributed by atoms with Crippen molar-refractivity contribution in [2.75, 3.05) is 0 Å². The molecule has 24 heavy (non-hydrogen) atoms. The minimum absolute atomic E-state index is 0.00139. The van der Waals surface area contributed by atoms with Crippen molar-refractivity contribution in [3.05, 3.63) is 42.0 Å². The maximum absolute atomic E-state index is 13.0. The molecule has 0 fully saturated rings. The zero-order valence-corrected chi connectivity index (χ0v) is 12.6. The molecule has 0 N–H and O–H groups in total. The van der Waals surface area contributed by atoms with Crippen LogP contribution < -0.4 is 4.74 Å². The summed E-state index contributed by atoms with van der Waals surface area (Å²) in [6, 6.07) is 4.16. The van der Waals surface area contributed by atoms with Crippen molar-refractivity contribution in [3.63, 3.8) is 0 Å². The quantitative estimate of drug-likeness (QED) is 0.349. The minimum atomic E-state index is -5.43. The smallest absolute Gasteiger partial charge is 0.431 e. The summed E-state index contributed by atoms with van der Waals surface area (Å²) in [5.41, 5.74) is -0.305. The van der Waals surface area contributed by atoms with Gasteiger partial charge in [-0.25, -0.2) is 18.4 Å². The number of hydrogen-bond acceptors (Lipinski definition) is 4. The predicted molar refractivity (Wildman–Crippen MR) is 72.8 cm³/mol. The Hall–Kier alpha value is -2.45. The van der Waals surface area contributed by atoms with Gasteiger partial charge in [-0.15, -0.1) is 0 Å². The third kappa shape index (κ3) is 5.32. The molecule has 0 aromatic heterocycles. The highest BCUT2D eigenvalue weighted by atomic mass is 19.4. The molecule has 0 amide bonds. The second kappa shape index (κ2) is 6.98. The minimum Gasteiger partial charge on any atom is -0.443 e. The molecule has 1 atom stereocenters. The van der Waals surface area contributed by atoms with E-state index in [4.69, 9.17) is 4.74 Å². The van der Waals surface area contributed by atoms with Crippen LogP contribution in [0.1, 0.15) is 24.2 Å². The van der Waals surface area contributed by atoms with Gasteiger partial charge in [-0.3, -0.25) is 0 Å². The highest BCUT2D eigenvalue weighted by Gasteiger charge is 2.56. The van der Waals surface area contributed by atoms with Crippen LogP contribution in [0.25, 0.3) is 0 Å². The summed E-state index contributed by atoms with van der Waals surface area (Å²) >= 11 is 0. The van der Waals surface area contributed by atoms with E-state index in [0.29, 0.717) is 0 Å². The predicted octanol–water partition coefficient (Wildman–Crippen LogP) is 3.91. The third-order valence-electron chi connectivity index (χ3n) is 2.63. The Morgan fingerprint density at radius 1 is 1.08 bits per heavy atom. The molecule has 0 radical (unpaired) electrons. The summed E-state index contributed by atoms with van der Waals surface area (Å²) in [5, 5.41) is 0. The SMILES string of the molecule is C=C(C)C(=O)Oc1ccc(C(=O)OC(C(C)(F)F)C(F)(F)F)cc1. The molecule has 4 nitrogen and oxygen atoms in total. The van der Waals surface area contributed by atoms with E-state index in [2.05, 4.69) is 11.3 Å². The number of rotatable bonds is 5. The number of esters is 2. The van der Waals surface area contributed by atoms with Gasteiger partial charge in [0.25, 0.3) is 12.0 Å². The number of alkyl halides is 5. The first-order valence-electron chi connectivity index (χ1n) is 6.45. The number of benzene rings is 1. The van der Waals surface area contributed by atoms with E-state index in [9.17, 15) is 31.5 Å². The fraction of sp³-hybridized carbons (Fsp3) is 0.333. The summed E-state index contributed by atoms with van der Waals surface area (Å²) in [4.78, 5) is 22.9. The molecule has 1 unspecified atom stereocenters. The van der Waals surface area contributed by atoms with Crippen LogP contribution in [0, 0.1) is 0 Å². The van der Waals surface area contributed by atoms with Crippen LogP contribution in [0.5, 0.6) is 5.75 Å². The normalized spacial score (nSPS) is 13.1. The Kier molecular flexibility index (Phi) is 5.70. The average Bonchev–Trinajstić information content (AvgIpc) is 2.42. The van der Waals surface area contributed by atoms with E-state index in [0.717, 1.165) is 24.3 Å². The molecule has 0 aliphatic heterocycles. The Morgan fingerprint density at radius 2 is 1.58 bits per heavy atom. The molecule has 0 aliphatic rings. The lowest BCUT2D eigenvalue weighted by Gasteiger charge is -2.25. The first-order valence-corrected chi connectivity index (χ1v) is 6.45. The van der Waals surface area contributed by atoms with Gasteiger partial charge in [0.15, 0.2) is 0 Å². The topological polar surface area (TPSA) is 52.6 Å². The Labute approximate surface area is 133 Å². The molecule has 0 heterocycles. The molecule has 0 bridgehead atoms. The number of halogens is 5. The van der Waals surface area contributed by atoms with Crippen LogP contribution in [-0.2, 0) is 9.53 Å². The van der Waals surface area contributed by atoms with E-state index < -0.39 is 35.7 Å². The first kappa shape index (κ1) is 19.6. The van der Waals surface area contributed by atoms with Gasteiger partial charge in [-0.1, -0.05) is 6.58 Å². The number of hydrogen-bond donors (Lipinski definition) is 0. The van der Waals surface area contributed by atoms with Crippen LogP contribution in [0.4, 0.5) is 22.0 Å². The molecule has 0 saturated carbocycles. The number of ether oxygens (including phenoxy) is 2. The molecule has 9 heteroatoms. The Morgan fingerprint density at radius 3 is 1.96 bits per heavy atom. The zero-order chi connectivity index (χ0) is 18.7. The Balaban J connectivity index is 2.88. The lowest BCUT2D eigenvalue weighted by Crippen LogP contribution is -2.46. The lowest BCUT2D eigenvalue weighted by atomic mass is 10.2. The molecular formula is C15H13F5O4. The van der Waals surface area contributed by atoms with Crippen LogP contribution in [0.15, 0.2) is 36.4 Å². The van der Waals surface area contributed by atoms with Crippen molar-refractivity contribution in [2.45, 2.75) is 32.1 Å². The van der Waals surface area contributed by atoms with Crippen LogP contribution in [0.3, 0.4) is 0 Å². The number of carbonyl (C=O) groups is 2. The van der Waals surface area contributed by atoms with Crippen molar-refractivity contribution in [1.29, 1.82) is 0 Å². The number of carbonyl (C=O) groups excluding carboxylic acids is 2. The standard InChI is InChI=1S/C15H13F5O4/c1-8(2)11(21)23-10-6-4-9(5-7-10)12(22)24-13(14(3,16)17)15(18,19)20/h4-7,13H,1H2,2-3H3. The van der Waals surface area contributed by atoms with Gasteiger partial charge in [-0.05, 0) is 31.2 Å². The van der Waals surface area contributed by atoms with E-state index >= 15 is 0 Å². The zero-order valence-electron chi connectivity index (χ0n) is 12.6. The van der Waals surface area contributed by atoms with Gasteiger partial charge >= 0.3 is 18.1 Å². The molecular weight excluding hydrogens is 339 g/mol. The fourth-order valence-corrected chi connectivity index (χ4v) is 1.49. The summed E-state index contributed by atoms with van der Waals surface area (Å²) in [6.07, 6.45) is -9.00. The first-order chi connectivity index (χ1) is 10.8. The van der Waals surface area contributed by atoms with E-state index in [1.165, 1.54) is 6.92 Å². The van der Waals surface area contributed by atoms with Gasteiger partial charge in [0.05, 0.1) is 5.56 Å². The van der Waals surface area contributed by atoms with Crippen molar-refractivity contribution in [3.8, 4) is 5.75 Å². The fourth-order valence-electron chi connectivity index (χ4n) is 1.49. The molecule has 0 aliphatic carbocycles. The van der Waals surface area contributed by atoms with E-state index in [-0.39, 0.29) is 18.2 Å². The second-order valence-electron chi connectivity index (χ2n) is 4.98. The molecule has 0 spiro atoms. The van der Waals surface area contributed by atoms with Crippen molar-refractivity contribution >= 4 is 11.9 Å².